The Morgan fingerprint density at radius 3 is 2.68 bits per heavy atom. The van der Waals surface area contributed by atoms with Crippen LogP contribution in [-0.4, -0.2) is 27.6 Å². The summed E-state index contributed by atoms with van der Waals surface area (Å²) in [4.78, 5) is 30.3. The molecular weight excluding hydrogens is 392 g/mol. The molecule has 0 unspecified atom stereocenters. The van der Waals surface area contributed by atoms with Gasteiger partial charge in [0.25, 0.3) is 5.56 Å². The Morgan fingerprint density at radius 2 is 1.87 bits per heavy atom. The number of hydrogen-bond donors (Lipinski definition) is 1. The summed E-state index contributed by atoms with van der Waals surface area (Å²) in [6, 6.07) is 18.9. The monoisotopic (exact) mass is 412 g/mol. The lowest BCUT2D eigenvalue weighted by Crippen LogP contribution is -2.22. The molecule has 0 saturated heterocycles. The minimum absolute atomic E-state index is 0.0310. The van der Waals surface area contributed by atoms with Crippen LogP contribution in [0.4, 0.5) is 0 Å². The van der Waals surface area contributed by atoms with Gasteiger partial charge in [0.2, 0.25) is 0 Å². The Labute approximate surface area is 178 Å². The van der Waals surface area contributed by atoms with Crippen LogP contribution in [0, 0.1) is 6.92 Å². The summed E-state index contributed by atoms with van der Waals surface area (Å²) in [5.41, 5.74) is 2.19. The molecular formula is C25H20N2O4. The summed E-state index contributed by atoms with van der Waals surface area (Å²) in [6.45, 7) is 1.76. The summed E-state index contributed by atoms with van der Waals surface area (Å²) >= 11 is 0. The third kappa shape index (κ3) is 3.96. The Morgan fingerprint density at radius 1 is 1.06 bits per heavy atom. The number of aromatic hydroxyl groups is 1. The maximum Gasteiger partial charge on any atom is 0.265 e. The topological polar surface area (TPSA) is 81.4 Å². The Bertz CT molecular complexity index is 1390. The SMILES string of the molecule is COc1cc(C=CC(=O)c2cccc(-n3c(C)nc4ccccc4c3=O)c2)ccc1O. The number of allylic oxidation sites excluding steroid dienone is 1. The third-order valence-electron chi connectivity index (χ3n) is 4.96. The van der Waals surface area contributed by atoms with Crippen molar-refractivity contribution in [1.82, 2.24) is 9.55 Å². The number of ketones is 1. The molecule has 1 aromatic heterocycles. The van der Waals surface area contributed by atoms with Crippen molar-refractivity contribution >= 4 is 22.8 Å². The van der Waals surface area contributed by atoms with Gasteiger partial charge in [-0.3, -0.25) is 14.2 Å². The normalized spacial score (nSPS) is 11.2. The van der Waals surface area contributed by atoms with Gasteiger partial charge in [0.05, 0.1) is 23.7 Å². The van der Waals surface area contributed by atoms with Gasteiger partial charge < -0.3 is 9.84 Å². The number of phenols is 1. The number of methoxy groups -OCH3 is 1. The molecule has 0 radical (unpaired) electrons. The second-order valence-electron chi connectivity index (χ2n) is 7.00. The molecule has 6 nitrogen and oxygen atoms in total. The molecule has 1 heterocycles. The van der Waals surface area contributed by atoms with Crippen molar-refractivity contribution in [2.45, 2.75) is 6.92 Å². The fourth-order valence-electron chi connectivity index (χ4n) is 3.41. The van der Waals surface area contributed by atoms with E-state index in [1.807, 2.05) is 6.07 Å². The number of nitrogens with zero attached hydrogens (tertiary/aromatic N) is 2. The number of fused-ring (bicyclic) bond motifs is 1. The highest BCUT2D eigenvalue weighted by molar-refractivity contribution is 6.07. The van der Waals surface area contributed by atoms with Gasteiger partial charge in [-0.15, -0.1) is 0 Å². The van der Waals surface area contributed by atoms with E-state index in [4.69, 9.17) is 4.74 Å². The smallest absolute Gasteiger partial charge is 0.265 e. The molecule has 0 aliphatic carbocycles. The lowest BCUT2D eigenvalue weighted by Gasteiger charge is -2.11. The number of para-hydroxylation sites is 1. The van der Waals surface area contributed by atoms with E-state index >= 15 is 0 Å². The van der Waals surface area contributed by atoms with Crippen LogP contribution < -0.4 is 10.3 Å². The summed E-state index contributed by atoms with van der Waals surface area (Å²) < 4.78 is 6.60. The molecule has 4 aromatic rings. The number of hydrogen-bond acceptors (Lipinski definition) is 5. The highest BCUT2D eigenvalue weighted by Gasteiger charge is 2.11. The standard InChI is InChI=1S/C25H20N2O4/c1-16-26-21-9-4-3-8-20(21)25(30)27(16)19-7-5-6-18(15-19)22(28)12-10-17-11-13-23(29)24(14-17)31-2/h3-15,29H,1-2H3. The van der Waals surface area contributed by atoms with Crippen molar-refractivity contribution in [2.24, 2.45) is 0 Å². The molecule has 0 atom stereocenters. The first-order valence-corrected chi connectivity index (χ1v) is 9.66. The lowest BCUT2D eigenvalue weighted by molar-refractivity contribution is 0.104. The zero-order valence-corrected chi connectivity index (χ0v) is 17.1. The number of phenolic OH excluding ortho intramolecular Hbond substituents is 1. The van der Waals surface area contributed by atoms with Crippen molar-refractivity contribution in [3.8, 4) is 17.2 Å². The molecule has 1 N–H and O–H groups in total. The molecule has 31 heavy (non-hydrogen) atoms. The van der Waals surface area contributed by atoms with Gasteiger partial charge in [-0.2, -0.15) is 0 Å². The summed E-state index contributed by atoms with van der Waals surface area (Å²) in [6.07, 6.45) is 3.09. The van der Waals surface area contributed by atoms with Crippen LogP contribution in [0.15, 0.2) is 77.6 Å². The first-order valence-electron chi connectivity index (χ1n) is 9.66. The lowest BCUT2D eigenvalue weighted by atomic mass is 10.1. The average Bonchev–Trinajstić information content (AvgIpc) is 2.78. The molecule has 0 bridgehead atoms. The van der Waals surface area contributed by atoms with E-state index in [2.05, 4.69) is 4.98 Å². The van der Waals surface area contributed by atoms with Crippen LogP contribution in [0.1, 0.15) is 21.7 Å². The van der Waals surface area contributed by atoms with E-state index in [9.17, 15) is 14.7 Å². The van der Waals surface area contributed by atoms with Crippen LogP contribution in [-0.2, 0) is 0 Å². The quantitative estimate of drug-likeness (QED) is 0.390. The largest absolute Gasteiger partial charge is 0.504 e. The van der Waals surface area contributed by atoms with E-state index in [1.165, 1.54) is 23.8 Å². The molecule has 3 aromatic carbocycles. The summed E-state index contributed by atoms with van der Waals surface area (Å²) in [5.74, 6) is 0.687. The van der Waals surface area contributed by atoms with Gasteiger partial charge in [0.1, 0.15) is 5.82 Å². The van der Waals surface area contributed by atoms with Gasteiger partial charge in [0, 0.05) is 5.56 Å². The van der Waals surface area contributed by atoms with Crippen LogP contribution in [0.5, 0.6) is 11.5 Å². The van der Waals surface area contributed by atoms with E-state index in [0.29, 0.717) is 39.3 Å². The Balaban J connectivity index is 1.68. The number of rotatable bonds is 5. The molecule has 154 valence electrons. The van der Waals surface area contributed by atoms with E-state index in [1.54, 1.807) is 67.6 Å². The second kappa shape index (κ2) is 8.28. The first-order chi connectivity index (χ1) is 15.0. The van der Waals surface area contributed by atoms with Gasteiger partial charge in [-0.25, -0.2) is 4.98 Å². The van der Waals surface area contributed by atoms with Crippen molar-refractivity contribution in [3.05, 3.63) is 100 Å². The van der Waals surface area contributed by atoms with Gasteiger partial charge in [0.15, 0.2) is 17.3 Å². The highest BCUT2D eigenvalue weighted by atomic mass is 16.5. The maximum absolute atomic E-state index is 13.0. The summed E-state index contributed by atoms with van der Waals surface area (Å²) in [7, 11) is 1.46. The van der Waals surface area contributed by atoms with Gasteiger partial charge >= 0.3 is 0 Å². The van der Waals surface area contributed by atoms with Crippen molar-refractivity contribution in [3.63, 3.8) is 0 Å². The maximum atomic E-state index is 13.0. The van der Waals surface area contributed by atoms with Gasteiger partial charge in [-0.05, 0) is 55.0 Å². The minimum Gasteiger partial charge on any atom is -0.504 e. The fraction of sp³-hybridized carbons (Fsp3) is 0.0800. The molecule has 0 amide bonds. The second-order valence-corrected chi connectivity index (χ2v) is 7.00. The molecule has 0 spiro atoms. The predicted molar refractivity (Wildman–Crippen MR) is 120 cm³/mol. The number of carbonyl (C=O) groups excluding carboxylic acids is 1. The third-order valence-corrected chi connectivity index (χ3v) is 4.96. The Kier molecular flexibility index (Phi) is 5.37. The van der Waals surface area contributed by atoms with E-state index in [0.717, 1.165) is 0 Å². The number of carbonyl (C=O) groups is 1. The van der Waals surface area contributed by atoms with E-state index in [-0.39, 0.29) is 17.1 Å². The average molecular weight is 412 g/mol. The van der Waals surface area contributed by atoms with Crippen molar-refractivity contribution in [1.29, 1.82) is 0 Å². The van der Waals surface area contributed by atoms with Crippen molar-refractivity contribution in [2.75, 3.05) is 7.11 Å². The van der Waals surface area contributed by atoms with Gasteiger partial charge in [-0.1, -0.05) is 36.4 Å². The highest BCUT2D eigenvalue weighted by Crippen LogP contribution is 2.26. The minimum atomic E-state index is -0.214. The molecule has 4 rings (SSSR count). The zero-order chi connectivity index (χ0) is 22.0. The number of ether oxygens (including phenoxy) is 1. The molecule has 0 saturated carbocycles. The Hall–Kier alpha value is -4.19. The molecule has 0 aliphatic rings. The van der Waals surface area contributed by atoms with Crippen LogP contribution in [0.2, 0.25) is 0 Å². The van der Waals surface area contributed by atoms with E-state index < -0.39 is 0 Å². The number of benzene rings is 3. The number of aromatic nitrogens is 2. The van der Waals surface area contributed by atoms with Crippen molar-refractivity contribution < 1.29 is 14.6 Å². The molecule has 6 heteroatoms. The van der Waals surface area contributed by atoms with Crippen LogP contribution in [0.25, 0.3) is 22.7 Å². The van der Waals surface area contributed by atoms with Crippen LogP contribution in [0.3, 0.4) is 0 Å². The summed E-state index contributed by atoms with van der Waals surface area (Å²) in [5, 5.41) is 10.2. The first kappa shape index (κ1) is 20.1. The number of aryl methyl sites for hydroxylation is 1. The predicted octanol–water partition coefficient (Wildman–Crippen LogP) is 4.30. The van der Waals surface area contributed by atoms with Crippen LogP contribution >= 0.6 is 0 Å². The zero-order valence-electron chi connectivity index (χ0n) is 17.1. The fourth-order valence-corrected chi connectivity index (χ4v) is 3.41. The molecule has 0 aliphatic heterocycles. The molecule has 0 fully saturated rings.